The second kappa shape index (κ2) is 10.2. The zero-order valence-electron chi connectivity index (χ0n) is 12.9. The second-order valence-corrected chi connectivity index (χ2v) is 5.07. The third-order valence-corrected chi connectivity index (χ3v) is 2.79. The number of hydrogen-bond donors (Lipinski definition) is 1. The molecule has 0 aliphatic carbocycles. The van der Waals surface area contributed by atoms with Crippen molar-refractivity contribution in [2.45, 2.75) is 26.2 Å². The molecule has 0 unspecified atom stereocenters. The van der Waals surface area contributed by atoms with Crippen LogP contribution in [0.1, 0.15) is 26.2 Å². The van der Waals surface area contributed by atoms with Gasteiger partial charge in [-0.1, -0.05) is 13.2 Å². The minimum atomic E-state index is -0.0474. The van der Waals surface area contributed by atoms with E-state index in [1.54, 1.807) is 18.0 Å². The van der Waals surface area contributed by atoms with E-state index in [0.717, 1.165) is 32.5 Å². The molecule has 0 aromatic carbocycles. The third kappa shape index (κ3) is 8.48. The molecule has 1 aliphatic rings. The fourth-order valence-electron chi connectivity index (χ4n) is 1.61. The van der Waals surface area contributed by atoms with Crippen LogP contribution in [-0.4, -0.2) is 55.3 Å². The summed E-state index contributed by atoms with van der Waals surface area (Å²) in [5.74, 6) is 0.161. The highest BCUT2D eigenvalue weighted by molar-refractivity contribution is 5.91. The summed E-state index contributed by atoms with van der Waals surface area (Å²) in [6, 6.07) is 0. The van der Waals surface area contributed by atoms with Gasteiger partial charge in [0, 0.05) is 25.1 Å². The highest BCUT2D eigenvalue weighted by Crippen LogP contribution is 2.08. The predicted octanol–water partition coefficient (Wildman–Crippen LogP) is 1.38. The molecule has 1 saturated heterocycles. The van der Waals surface area contributed by atoms with E-state index in [9.17, 15) is 9.59 Å². The summed E-state index contributed by atoms with van der Waals surface area (Å²) in [5.41, 5.74) is 0.569. The Balaban J connectivity index is 0.000000388. The van der Waals surface area contributed by atoms with Gasteiger partial charge in [-0.05, 0) is 46.6 Å². The summed E-state index contributed by atoms with van der Waals surface area (Å²) in [7, 11) is 4.03. The number of nitrogens with one attached hydrogen (secondary N) is 1. The molecule has 1 heterocycles. The Morgan fingerprint density at radius 2 is 2.15 bits per heavy atom. The van der Waals surface area contributed by atoms with Crippen LogP contribution in [0.4, 0.5) is 0 Å². The van der Waals surface area contributed by atoms with Crippen LogP contribution in [0.25, 0.3) is 0 Å². The number of nitrogens with zero attached hydrogens (tertiary/aromatic N) is 2. The van der Waals surface area contributed by atoms with Crippen molar-refractivity contribution in [3.8, 4) is 0 Å². The Morgan fingerprint density at radius 1 is 1.50 bits per heavy atom. The molecule has 0 bridgehead atoms. The van der Waals surface area contributed by atoms with E-state index in [2.05, 4.69) is 23.4 Å². The Hall–Kier alpha value is -1.62. The molecule has 0 aromatic heterocycles. The number of hydrogen-bond acceptors (Lipinski definition) is 3. The minimum absolute atomic E-state index is 0.0474. The van der Waals surface area contributed by atoms with E-state index in [1.807, 2.05) is 14.1 Å². The van der Waals surface area contributed by atoms with Crippen molar-refractivity contribution >= 4 is 11.8 Å². The van der Waals surface area contributed by atoms with Gasteiger partial charge < -0.3 is 15.1 Å². The number of amides is 2. The van der Waals surface area contributed by atoms with Gasteiger partial charge in [-0.25, -0.2) is 0 Å². The molecule has 0 atom stereocenters. The van der Waals surface area contributed by atoms with Crippen molar-refractivity contribution in [1.82, 2.24) is 15.1 Å². The lowest BCUT2D eigenvalue weighted by Crippen LogP contribution is -2.27. The highest BCUT2D eigenvalue weighted by atomic mass is 16.2. The smallest absolute Gasteiger partial charge is 0.246 e. The summed E-state index contributed by atoms with van der Waals surface area (Å²) >= 11 is 0. The lowest BCUT2D eigenvalue weighted by molar-refractivity contribution is -0.125. The Morgan fingerprint density at radius 3 is 2.50 bits per heavy atom. The predicted molar refractivity (Wildman–Crippen MR) is 82.1 cm³/mol. The molecule has 0 radical (unpaired) electrons. The maximum absolute atomic E-state index is 11.0. The first-order valence-corrected chi connectivity index (χ1v) is 6.89. The monoisotopic (exact) mass is 281 g/mol. The van der Waals surface area contributed by atoms with Gasteiger partial charge >= 0.3 is 0 Å². The van der Waals surface area contributed by atoms with E-state index in [0.29, 0.717) is 12.0 Å². The van der Waals surface area contributed by atoms with E-state index in [-0.39, 0.29) is 11.8 Å². The molecule has 0 spiro atoms. The molecule has 1 rings (SSSR count). The fraction of sp³-hybridized carbons (Fsp3) is 0.600. The molecule has 1 aliphatic heterocycles. The molecule has 114 valence electrons. The lowest BCUT2D eigenvalue weighted by Gasteiger charge is -2.09. The van der Waals surface area contributed by atoms with Gasteiger partial charge in [-0.15, -0.1) is 0 Å². The Bertz CT molecular complexity index is 351. The van der Waals surface area contributed by atoms with Crippen molar-refractivity contribution in [1.29, 1.82) is 0 Å². The Kier molecular flexibility index (Phi) is 9.38. The van der Waals surface area contributed by atoms with Crippen LogP contribution in [0.3, 0.4) is 0 Å². The topological polar surface area (TPSA) is 52.7 Å². The third-order valence-electron chi connectivity index (χ3n) is 2.79. The van der Waals surface area contributed by atoms with Crippen LogP contribution in [0, 0.1) is 0 Å². The first-order chi connectivity index (χ1) is 9.38. The van der Waals surface area contributed by atoms with Gasteiger partial charge in [0.2, 0.25) is 11.8 Å². The molecule has 0 saturated carbocycles. The molecular formula is C15H27N3O2. The maximum Gasteiger partial charge on any atom is 0.246 e. The van der Waals surface area contributed by atoms with E-state index in [1.165, 1.54) is 0 Å². The maximum atomic E-state index is 11.0. The summed E-state index contributed by atoms with van der Waals surface area (Å²) in [4.78, 5) is 25.4. The first-order valence-electron chi connectivity index (χ1n) is 6.89. The SMILES string of the molecule is C=C(C)C(=O)NCCCN(C)C.C=CN1CCCC1=O. The van der Waals surface area contributed by atoms with Crippen molar-refractivity contribution in [3.63, 3.8) is 0 Å². The average Bonchev–Trinajstić information content (AvgIpc) is 2.80. The van der Waals surface area contributed by atoms with E-state index < -0.39 is 0 Å². The molecule has 20 heavy (non-hydrogen) atoms. The van der Waals surface area contributed by atoms with Crippen LogP contribution in [0.15, 0.2) is 24.9 Å². The lowest BCUT2D eigenvalue weighted by atomic mass is 10.3. The normalized spacial score (nSPS) is 13.8. The van der Waals surface area contributed by atoms with Gasteiger partial charge in [0.1, 0.15) is 0 Å². The first kappa shape index (κ1) is 18.4. The van der Waals surface area contributed by atoms with Crippen LogP contribution >= 0.6 is 0 Å². The van der Waals surface area contributed by atoms with Crippen molar-refractivity contribution in [3.05, 3.63) is 24.9 Å². The number of rotatable bonds is 6. The van der Waals surface area contributed by atoms with Gasteiger partial charge in [-0.2, -0.15) is 0 Å². The van der Waals surface area contributed by atoms with Crippen molar-refractivity contribution in [2.24, 2.45) is 0 Å². The minimum Gasteiger partial charge on any atom is -0.352 e. The van der Waals surface area contributed by atoms with Crippen LogP contribution < -0.4 is 5.32 Å². The molecule has 5 nitrogen and oxygen atoms in total. The summed E-state index contributed by atoms with van der Waals surface area (Å²) < 4.78 is 0. The second-order valence-electron chi connectivity index (χ2n) is 5.07. The quantitative estimate of drug-likeness (QED) is 0.591. The van der Waals surface area contributed by atoms with Gasteiger partial charge in [-0.3, -0.25) is 9.59 Å². The summed E-state index contributed by atoms with van der Waals surface area (Å²) in [6.07, 6.45) is 4.26. The van der Waals surface area contributed by atoms with Crippen molar-refractivity contribution in [2.75, 3.05) is 33.7 Å². The number of carbonyl (C=O) groups excluding carboxylic acids is 2. The highest BCUT2D eigenvalue weighted by Gasteiger charge is 2.15. The molecule has 2 amide bonds. The van der Waals surface area contributed by atoms with Crippen molar-refractivity contribution < 1.29 is 9.59 Å². The standard InChI is InChI=1S/C9H18N2O.C6H9NO/c1-8(2)9(12)10-6-5-7-11(3)4;1-2-7-5-3-4-6(7)8/h1,5-7H2,2-4H3,(H,10,12);2H,1,3-5H2. The fourth-order valence-corrected chi connectivity index (χ4v) is 1.61. The molecule has 1 N–H and O–H groups in total. The number of likely N-dealkylation sites (tertiary alicyclic amines) is 1. The zero-order valence-corrected chi connectivity index (χ0v) is 12.9. The van der Waals surface area contributed by atoms with E-state index in [4.69, 9.17) is 0 Å². The van der Waals surface area contributed by atoms with E-state index >= 15 is 0 Å². The number of carbonyl (C=O) groups is 2. The largest absolute Gasteiger partial charge is 0.352 e. The molecular weight excluding hydrogens is 254 g/mol. The molecule has 1 fully saturated rings. The molecule has 0 aromatic rings. The van der Waals surface area contributed by atoms with Crippen LogP contribution in [0.5, 0.6) is 0 Å². The average molecular weight is 281 g/mol. The summed E-state index contributed by atoms with van der Waals surface area (Å²) in [5, 5.41) is 2.77. The Labute approximate surface area is 122 Å². The van der Waals surface area contributed by atoms with Gasteiger partial charge in [0.15, 0.2) is 0 Å². The van der Waals surface area contributed by atoms with Crippen LogP contribution in [-0.2, 0) is 9.59 Å². The van der Waals surface area contributed by atoms with Crippen LogP contribution in [0.2, 0.25) is 0 Å². The summed E-state index contributed by atoms with van der Waals surface area (Å²) in [6.45, 7) is 11.3. The zero-order chi connectivity index (χ0) is 15.5. The van der Waals surface area contributed by atoms with Gasteiger partial charge in [0.25, 0.3) is 0 Å². The molecule has 5 heteroatoms. The van der Waals surface area contributed by atoms with Gasteiger partial charge in [0.05, 0.1) is 0 Å².